The Balaban J connectivity index is 1.70. The molecule has 11 heteroatoms. The fourth-order valence-electron chi connectivity index (χ4n) is 3.07. The molecular weight excluding hydrogens is 409 g/mol. The summed E-state index contributed by atoms with van der Waals surface area (Å²) in [4.78, 5) is 37.1. The van der Waals surface area contributed by atoms with E-state index in [-0.39, 0.29) is 24.0 Å². The average Bonchev–Trinajstić information content (AvgIpc) is 3.12. The molecule has 28 heavy (non-hydrogen) atoms. The Hall–Kier alpha value is -2.65. The van der Waals surface area contributed by atoms with Crippen molar-refractivity contribution in [3.63, 3.8) is 0 Å². The first-order valence-electron chi connectivity index (χ1n) is 8.57. The smallest absolute Gasteiger partial charge is 0.307 e. The predicted molar refractivity (Wildman–Crippen MR) is 103 cm³/mol. The SMILES string of the molecule is O=C(Nc1ccc(Cl)cc1Cl)C1CCCCN1C(=O)Cn1cc([N+](=O)[O-])cn1. The average molecular weight is 426 g/mol. The lowest BCUT2D eigenvalue weighted by Gasteiger charge is -2.34. The molecule has 0 bridgehead atoms. The summed E-state index contributed by atoms with van der Waals surface area (Å²) in [6, 6.07) is 4.07. The number of hydrogen-bond acceptors (Lipinski definition) is 5. The Kier molecular flexibility index (Phi) is 6.15. The molecule has 1 aliphatic rings. The molecular formula is C17H17Cl2N5O4. The standard InChI is InChI=1S/C17H17Cl2N5O4/c18-11-4-5-14(13(19)7-11)21-17(26)15-3-1-2-6-23(15)16(25)10-22-9-12(8-20-22)24(27)28/h4-5,7-9,15H,1-3,6,10H2,(H,21,26). The van der Waals surface area contributed by atoms with Crippen molar-refractivity contribution in [3.05, 3.63) is 50.8 Å². The second-order valence-electron chi connectivity index (χ2n) is 6.37. The minimum Gasteiger partial charge on any atom is -0.329 e. The van der Waals surface area contributed by atoms with Gasteiger partial charge >= 0.3 is 5.69 Å². The van der Waals surface area contributed by atoms with Crippen LogP contribution in [0.2, 0.25) is 10.0 Å². The highest BCUT2D eigenvalue weighted by Gasteiger charge is 2.32. The van der Waals surface area contributed by atoms with Crippen LogP contribution in [0.3, 0.4) is 0 Å². The summed E-state index contributed by atoms with van der Waals surface area (Å²) in [7, 11) is 0. The first-order chi connectivity index (χ1) is 13.3. The second kappa shape index (κ2) is 8.57. The number of amides is 2. The van der Waals surface area contributed by atoms with Crippen LogP contribution in [0.4, 0.5) is 11.4 Å². The van der Waals surface area contributed by atoms with Gasteiger partial charge in [-0.3, -0.25) is 24.4 Å². The molecule has 1 unspecified atom stereocenters. The molecule has 3 rings (SSSR count). The number of likely N-dealkylation sites (tertiary alicyclic amines) is 1. The molecule has 2 aromatic rings. The number of anilines is 1. The molecule has 1 atom stereocenters. The third-order valence-electron chi connectivity index (χ3n) is 4.44. The number of nitrogens with one attached hydrogen (secondary N) is 1. The molecule has 2 heterocycles. The quantitative estimate of drug-likeness (QED) is 0.584. The van der Waals surface area contributed by atoms with E-state index in [0.29, 0.717) is 28.7 Å². The van der Waals surface area contributed by atoms with Gasteiger partial charge in [-0.2, -0.15) is 5.10 Å². The van der Waals surface area contributed by atoms with Crippen molar-refractivity contribution in [1.82, 2.24) is 14.7 Å². The van der Waals surface area contributed by atoms with E-state index in [0.717, 1.165) is 19.0 Å². The van der Waals surface area contributed by atoms with Gasteiger partial charge in [-0.25, -0.2) is 0 Å². The van der Waals surface area contributed by atoms with Crippen molar-refractivity contribution < 1.29 is 14.5 Å². The highest BCUT2D eigenvalue weighted by molar-refractivity contribution is 6.36. The summed E-state index contributed by atoms with van der Waals surface area (Å²) in [5.74, 6) is -0.677. The van der Waals surface area contributed by atoms with Crippen LogP contribution in [0.5, 0.6) is 0 Å². The Morgan fingerprint density at radius 2 is 2.11 bits per heavy atom. The summed E-state index contributed by atoms with van der Waals surface area (Å²) >= 11 is 12.0. The van der Waals surface area contributed by atoms with Crippen molar-refractivity contribution in [1.29, 1.82) is 0 Å². The molecule has 1 aromatic heterocycles. The molecule has 148 valence electrons. The van der Waals surface area contributed by atoms with Crippen LogP contribution in [0.25, 0.3) is 0 Å². The van der Waals surface area contributed by atoms with Gasteiger partial charge in [-0.15, -0.1) is 0 Å². The van der Waals surface area contributed by atoms with Crippen LogP contribution in [-0.4, -0.2) is 44.0 Å². The summed E-state index contributed by atoms with van der Waals surface area (Å²) in [5, 5.41) is 18.1. The molecule has 1 aliphatic heterocycles. The van der Waals surface area contributed by atoms with E-state index in [1.165, 1.54) is 21.8 Å². The Bertz CT molecular complexity index is 917. The van der Waals surface area contributed by atoms with Crippen LogP contribution >= 0.6 is 23.2 Å². The Morgan fingerprint density at radius 3 is 2.79 bits per heavy atom. The molecule has 9 nitrogen and oxygen atoms in total. The third-order valence-corrected chi connectivity index (χ3v) is 4.99. The van der Waals surface area contributed by atoms with Crippen molar-refractivity contribution in [3.8, 4) is 0 Å². The lowest BCUT2D eigenvalue weighted by Crippen LogP contribution is -2.51. The fourth-order valence-corrected chi connectivity index (χ4v) is 3.53. The van der Waals surface area contributed by atoms with Gasteiger partial charge in [-0.05, 0) is 37.5 Å². The zero-order valence-electron chi connectivity index (χ0n) is 14.7. The van der Waals surface area contributed by atoms with Crippen molar-refractivity contribution in [2.45, 2.75) is 31.8 Å². The van der Waals surface area contributed by atoms with Crippen molar-refractivity contribution in [2.75, 3.05) is 11.9 Å². The molecule has 1 N–H and O–H groups in total. The van der Waals surface area contributed by atoms with Gasteiger partial charge in [0.25, 0.3) is 0 Å². The number of nitrogens with zero attached hydrogens (tertiary/aromatic N) is 4. The normalized spacial score (nSPS) is 16.6. The monoisotopic (exact) mass is 425 g/mol. The topological polar surface area (TPSA) is 110 Å². The van der Waals surface area contributed by atoms with Gasteiger partial charge in [-0.1, -0.05) is 23.2 Å². The number of rotatable bonds is 5. The zero-order valence-corrected chi connectivity index (χ0v) is 16.2. The van der Waals surface area contributed by atoms with Crippen molar-refractivity contribution >= 4 is 46.4 Å². The Morgan fingerprint density at radius 1 is 1.32 bits per heavy atom. The van der Waals surface area contributed by atoms with E-state index in [1.54, 1.807) is 12.1 Å². The maximum atomic E-state index is 12.8. The van der Waals surface area contributed by atoms with Crippen molar-refractivity contribution in [2.24, 2.45) is 0 Å². The number of carbonyl (C=O) groups excluding carboxylic acids is 2. The van der Waals surface area contributed by atoms with E-state index in [2.05, 4.69) is 10.4 Å². The predicted octanol–water partition coefficient (Wildman–Crippen LogP) is 3.12. The summed E-state index contributed by atoms with van der Waals surface area (Å²) in [6.07, 6.45) is 4.36. The number of halogens is 2. The highest BCUT2D eigenvalue weighted by Crippen LogP contribution is 2.27. The zero-order chi connectivity index (χ0) is 20.3. The number of nitro groups is 1. The molecule has 0 saturated carbocycles. The van der Waals surface area contributed by atoms with Gasteiger partial charge < -0.3 is 10.2 Å². The number of carbonyl (C=O) groups is 2. The van der Waals surface area contributed by atoms with Gasteiger partial charge in [0.05, 0.1) is 15.6 Å². The lowest BCUT2D eigenvalue weighted by atomic mass is 10.0. The van der Waals surface area contributed by atoms with Crippen LogP contribution in [-0.2, 0) is 16.1 Å². The van der Waals surface area contributed by atoms with Crippen LogP contribution < -0.4 is 5.32 Å². The van der Waals surface area contributed by atoms with Crippen LogP contribution in [0.15, 0.2) is 30.6 Å². The van der Waals surface area contributed by atoms with Crippen LogP contribution in [0.1, 0.15) is 19.3 Å². The molecule has 1 aromatic carbocycles. The van der Waals surface area contributed by atoms with E-state index in [9.17, 15) is 19.7 Å². The van der Waals surface area contributed by atoms with E-state index < -0.39 is 11.0 Å². The minimum absolute atomic E-state index is 0.181. The number of hydrogen-bond donors (Lipinski definition) is 1. The first kappa shape index (κ1) is 20.1. The molecule has 2 amide bonds. The lowest BCUT2D eigenvalue weighted by molar-refractivity contribution is -0.385. The second-order valence-corrected chi connectivity index (χ2v) is 7.21. The third kappa shape index (κ3) is 4.60. The summed E-state index contributed by atoms with van der Waals surface area (Å²) in [6.45, 7) is 0.244. The molecule has 0 aliphatic carbocycles. The highest BCUT2D eigenvalue weighted by atomic mass is 35.5. The summed E-state index contributed by atoms with van der Waals surface area (Å²) < 4.78 is 1.19. The number of benzene rings is 1. The van der Waals surface area contributed by atoms with Gasteiger partial charge in [0.15, 0.2) is 0 Å². The van der Waals surface area contributed by atoms with E-state index in [1.807, 2.05) is 0 Å². The Labute approximate surface area is 170 Å². The van der Waals surface area contributed by atoms with E-state index in [4.69, 9.17) is 23.2 Å². The number of piperidine rings is 1. The van der Waals surface area contributed by atoms with Gasteiger partial charge in [0, 0.05) is 11.6 Å². The molecule has 0 spiro atoms. The molecule has 1 fully saturated rings. The number of aromatic nitrogens is 2. The summed E-state index contributed by atoms with van der Waals surface area (Å²) in [5.41, 5.74) is 0.217. The largest absolute Gasteiger partial charge is 0.329 e. The van der Waals surface area contributed by atoms with E-state index >= 15 is 0 Å². The maximum Gasteiger partial charge on any atom is 0.307 e. The molecule has 1 saturated heterocycles. The minimum atomic E-state index is -0.654. The van der Waals surface area contributed by atoms with Gasteiger partial charge in [0.2, 0.25) is 11.8 Å². The van der Waals surface area contributed by atoms with Crippen LogP contribution in [0, 0.1) is 10.1 Å². The molecule has 0 radical (unpaired) electrons. The first-order valence-corrected chi connectivity index (χ1v) is 9.33. The maximum absolute atomic E-state index is 12.8. The van der Waals surface area contributed by atoms with Gasteiger partial charge in [0.1, 0.15) is 25.0 Å². The fraction of sp³-hybridized carbons (Fsp3) is 0.353.